The second-order valence-electron chi connectivity index (χ2n) is 7.43. The molecule has 5 nitrogen and oxygen atoms in total. The van der Waals surface area contributed by atoms with Crippen LogP contribution in [0.5, 0.6) is 0 Å². The molecule has 0 bridgehead atoms. The molecule has 0 unspecified atom stereocenters. The van der Waals surface area contributed by atoms with E-state index in [-0.39, 0.29) is 23.4 Å². The van der Waals surface area contributed by atoms with Crippen molar-refractivity contribution in [1.29, 1.82) is 0 Å². The van der Waals surface area contributed by atoms with Crippen molar-refractivity contribution in [3.05, 3.63) is 75.8 Å². The fourth-order valence-electron chi connectivity index (χ4n) is 3.74. The van der Waals surface area contributed by atoms with Crippen LogP contribution in [0.2, 0.25) is 0 Å². The van der Waals surface area contributed by atoms with Gasteiger partial charge in [0.25, 0.3) is 11.5 Å². The summed E-state index contributed by atoms with van der Waals surface area (Å²) in [5.41, 5.74) is 2.19. The highest BCUT2D eigenvalue weighted by Crippen LogP contribution is 2.22. The molecule has 1 aliphatic rings. The van der Waals surface area contributed by atoms with Gasteiger partial charge in [-0.05, 0) is 36.1 Å². The molecule has 3 aromatic rings. The lowest BCUT2D eigenvalue weighted by Gasteiger charge is -2.23. The van der Waals surface area contributed by atoms with E-state index in [1.54, 1.807) is 22.8 Å². The molecule has 1 atom stereocenters. The molecule has 138 valence electrons. The molecule has 0 spiro atoms. The maximum atomic E-state index is 12.9. The molecule has 1 N–H and O–H groups in total. The van der Waals surface area contributed by atoms with Gasteiger partial charge in [0, 0.05) is 18.5 Å². The SMILES string of the molecule is CC(C)[C@@H](NC(=O)c1ccc2c(=O)n3c(nc2c1)CCC3)c1ccccc1. The van der Waals surface area contributed by atoms with Crippen LogP contribution in [0.4, 0.5) is 0 Å². The predicted octanol–water partition coefficient (Wildman–Crippen LogP) is 3.47. The van der Waals surface area contributed by atoms with E-state index in [0.29, 0.717) is 16.5 Å². The Morgan fingerprint density at radius 2 is 1.93 bits per heavy atom. The molecular weight excluding hydrogens is 338 g/mol. The van der Waals surface area contributed by atoms with Crippen LogP contribution in [0.25, 0.3) is 10.9 Å². The molecule has 4 rings (SSSR count). The number of nitrogens with zero attached hydrogens (tertiary/aromatic N) is 2. The van der Waals surface area contributed by atoms with E-state index in [4.69, 9.17) is 0 Å². The molecule has 0 radical (unpaired) electrons. The molecule has 2 heterocycles. The molecular formula is C22H23N3O2. The highest BCUT2D eigenvalue weighted by Gasteiger charge is 2.20. The summed E-state index contributed by atoms with van der Waals surface area (Å²) in [6, 6.07) is 15.1. The minimum Gasteiger partial charge on any atom is -0.345 e. The van der Waals surface area contributed by atoms with Gasteiger partial charge in [-0.1, -0.05) is 44.2 Å². The molecule has 1 aromatic heterocycles. The molecule has 1 amide bonds. The van der Waals surface area contributed by atoms with E-state index in [0.717, 1.165) is 30.8 Å². The highest BCUT2D eigenvalue weighted by atomic mass is 16.1. The fraction of sp³-hybridized carbons (Fsp3) is 0.318. The van der Waals surface area contributed by atoms with Gasteiger partial charge in [-0.3, -0.25) is 14.2 Å². The molecule has 1 aliphatic heterocycles. The lowest BCUT2D eigenvalue weighted by atomic mass is 9.95. The summed E-state index contributed by atoms with van der Waals surface area (Å²) in [6.45, 7) is 4.90. The summed E-state index contributed by atoms with van der Waals surface area (Å²) < 4.78 is 1.74. The average Bonchev–Trinajstić information content (AvgIpc) is 3.15. The van der Waals surface area contributed by atoms with Gasteiger partial charge in [-0.15, -0.1) is 0 Å². The Bertz CT molecular complexity index is 1050. The Morgan fingerprint density at radius 1 is 1.15 bits per heavy atom. The van der Waals surface area contributed by atoms with Crippen LogP contribution in [0.1, 0.15) is 48.1 Å². The molecule has 5 heteroatoms. The highest BCUT2D eigenvalue weighted by molar-refractivity contribution is 5.97. The molecule has 27 heavy (non-hydrogen) atoms. The minimum absolute atomic E-state index is 0.0104. The van der Waals surface area contributed by atoms with Crippen molar-refractivity contribution < 1.29 is 4.79 Å². The Labute approximate surface area is 158 Å². The Morgan fingerprint density at radius 3 is 2.67 bits per heavy atom. The maximum Gasteiger partial charge on any atom is 0.261 e. The van der Waals surface area contributed by atoms with E-state index in [2.05, 4.69) is 24.1 Å². The van der Waals surface area contributed by atoms with E-state index >= 15 is 0 Å². The zero-order chi connectivity index (χ0) is 19.0. The Kier molecular flexibility index (Phi) is 4.52. The summed E-state index contributed by atoms with van der Waals surface area (Å²) in [6.07, 6.45) is 1.75. The third-order valence-corrected chi connectivity index (χ3v) is 5.19. The number of hydrogen-bond acceptors (Lipinski definition) is 3. The number of aromatic nitrogens is 2. The third-order valence-electron chi connectivity index (χ3n) is 5.19. The monoisotopic (exact) mass is 361 g/mol. The summed E-state index contributed by atoms with van der Waals surface area (Å²) in [5.74, 6) is 0.916. The molecule has 2 aromatic carbocycles. The van der Waals surface area contributed by atoms with Crippen LogP contribution in [0.3, 0.4) is 0 Å². The first-order valence-electron chi connectivity index (χ1n) is 9.44. The smallest absolute Gasteiger partial charge is 0.261 e. The van der Waals surface area contributed by atoms with Crippen molar-refractivity contribution in [2.24, 2.45) is 5.92 Å². The summed E-state index contributed by atoms with van der Waals surface area (Å²) in [5, 5.41) is 3.70. The lowest BCUT2D eigenvalue weighted by molar-refractivity contribution is 0.0925. The van der Waals surface area contributed by atoms with Gasteiger partial charge in [0.15, 0.2) is 0 Å². The Hall–Kier alpha value is -2.95. The third kappa shape index (κ3) is 3.25. The van der Waals surface area contributed by atoms with Gasteiger partial charge in [-0.25, -0.2) is 4.98 Å². The number of benzene rings is 2. The van der Waals surface area contributed by atoms with Gasteiger partial charge >= 0.3 is 0 Å². The Balaban J connectivity index is 1.66. The second-order valence-corrected chi connectivity index (χ2v) is 7.43. The van der Waals surface area contributed by atoms with E-state index in [1.165, 1.54) is 0 Å². The number of carbonyl (C=O) groups is 1. The number of amides is 1. The largest absolute Gasteiger partial charge is 0.345 e. The van der Waals surface area contributed by atoms with Crippen molar-refractivity contribution in [1.82, 2.24) is 14.9 Å². The first-order chi connectivity index (χ1) is 13.0. The van der Waals surface area contributed by atoms with Gasteiger partial charge < -0.3 is 5.32 Å². The minimum atomic E-state index is -0.151. The number of fused-ring (bicyclic) bond motifs is 2. The second kappa shape index (κ2) is 6.99. The molecule has 0 saturated carbocycles. The number of hydrogen-bond donors (Lipinski definition) is 1. The van der Waals surface area contributed by atoms with Gasteiger partial charge in [-0.2, -0.15) is 0 Å². The van der Waals surface area contributed by atoms with Crippen LogP contribution < -0.4 is 10.9 Å². The zero-order valence-electron chi connectivity index (χ0n) is 15.6. The topological polar surface area (TPSA) is 64.0 Å². The van der Waals surface area contributed by atoms with E-state index in [9.17, 15) is 9.59 Å². The maximum absolute atomic E-state index is 12.9. The molecule has 0 aliphatic carbocycles. The van der Waals surface area contributed by atoms with Crippen molar-refractivity contribution in [3.8, 4) is 0 Å². The van der Waals surface area contributed by atoms with E-state index < -0.39 is 0 Å². The first-order valence-corrected chi connectivity index (χ1v) is 9.44. The van der Waals surface area contributed by atoms with Crippen LogP contribution in [0.15, 0.2) is 53.3 Å². The first kappa shape index (κ1) is 17.5. The van der Waals surface area contributed by atoms with Crippen molar-refractivity contribution >= 4 is 16.8 Å². The summed E-state index contributed by atoms with van der Waals surface area (Å²) >= 11 is 0. The van der Waals surface area contributed by atoms with Crippen LogP contribution in [0, 0.1) is 5.92 Å². The quantitative estimate of drug-likeness (QED) is 0.774. The van der Waals surface area contributed by atoms with Crippen LogP contribution in [-0.2, 0) is 13.0 Å². The van der Waals surface area contributed by atoms with Crippen molar-refractivity contribution in [2.45, 2.75) is 39.3 Å². The van der Waals surface area contributed by atoms with Gasteiger partial charge in [0.2, 0.25) is 0 Å². The van der Waals surface area contributed by atoms with Crippen LogP contribution >= 0.6 is 0 Å². The lowest BCUT2D eigenvalue weighted by Crippen LogP contribution is -2.31. The van der Waals surface area contributed by atoms with E-state index in [1.807, 2.05) is 30.3 Å². The summed E-state index contributed by atoms with van der Waals surface area (Å²) in [4.78, 5) is 30.1. The van der Waals surface area contributed by atoms with Gasteiger partial charge in [0.05, 0.1) is 16.9 Å². The van der Waals surface area contributed by atoms with Crippen molar-refractivity contribution in [3.63, 3.8) is 0 Å². The van der Waals surface area contributed by atoms with Crippen LogP contribution in [-0.4, -0.2) is 15.5 Å². The predicted molar refractivity (Wildman–Crippen MR) is 106 cm³/mol. The summed E-state index contributed by atoms with van der Waals surface area (Å²) in [7, 11) is 0. The standard InChI is InChI=1S/C22H23N3O2/c1-14(2)20(15-7-4-3-5-8-15)24-21(26)16-10-11-17-18(13-16)23-19-9-6-12-25(19)22(17)27/h3-5,7-8,10-11,13-14,20H,6,9,12H2,1-2H3,(H,24,26)/t20-/m1/s1. The number of aryl methyl sites for hydroxylation is 1. The number of rotatable bonds is 4. The number of carbonyl (C=O) groups excluding carboxylic acids is 1. The normalized spacial score (nSPS) is 14.3. The molecule has 0 saturated heterocycles. The van der Waals surface area contributed by atoms with Crippen molar-refractivity contribution in [2.75, 3.05) is 0 Å². The average molecular weight is 361 g/mol. The number of nitrogens with one attached hydrogen (secondary N) is 1. The fourth-order valence-corrected chi connectivity index (χ4v) is 3.74. The zero-order valence-corrected chi connectivity index (χ0v) is 15.6. The van der Waals surface area contributed by atoms with Gasteiger partial charge in [0.1, 0.15) is 5.82 Å². The molecule has 0 fully saturated rings.